The highest BCUT2D eigenvalue weighted by atomic mass is 16.5. The van der Waals surface area contributed by atoms with Crippen molar-refractivity contribution in [2.45, 2.75) is 20.3 Å². The molecule has 0 atom stereocenters. The van der Waals surface area contributed by atoms with Crippen LogP contribution < -0.4 is 5.32 Å². The van der Waals surface area contributed by atoms with Crippen LogP contribution in [0.15, 0.2) is 0 Å². The van der Waals surface area contributed by atoms with Crippen molar-refractivity contribution in [3.8, 4) is 0 Å². The summed E-state index contributed by atoms with van der Waals surface area (Å²) in [6.07, 6.45) is 1.20. The first-order valence-corrected chi connectivity index (χ1v) is 7.42. The first-order valence-electron chi connectivity index (χ1n) is 7.42. The van der Waals surface area contributed by atoms with E-state index in [-0.39, 0.29) is 0 Å². The van der Waals surface area contributed by atoms with Gasteiger partial charge in [0.2, 0.25) is 0 Å². The quantitative estimate of drug-likeness (QED) is 0.452. The van der Waals surface area contributed by atoms with Crippen molar-refractivity contribution in [1.82, 2.24) is 10.2 Å². The second-order valence-corrected chi connectivity index (χ2v) is 4.35. The van der Waals surface area contributed by atoms with E-state index in [0.29, 0.717) is 26.4 Å². The minimum atomic E-state index is 0.642. The molecule has 0 radical (unpaired) electrons. The van der Waals surface area contributed by atoms with E-state index in [4.69, 9.17) is 14.2 Å². The van der Waals surface area contributed by atoms with Gasteiger partial charge < -0.3 is 24.4 Å². The van der Waals surface area contributed by atoms with Gasteiger partial charge in [-0.15, -0.1) is 0 Å². The average molecular weight is 276 g/mol. The van der Waals surface area contributed by atoms with Crippen LogP contribution in [0.25, 0.3) is 0 Å². The van der Waals surface area contributed by atoms with Crippen LogP contribution in [-0.4, -0.2) is 77.8 Å². The fraction of sp³-hybridized carbons (Fsp3) is 1.00. The molecule has 5 heteroatoms. The molecule has 0 fully saturated rings. The lowest BCUT2D eigenvalue weighted by atomic mass is 10.3. The number of nitrogens with one attached hydrogen (secondary N) is 1. The summed E-state index contributed by atoms with van der Waals surface area (Å²) in [6, 6.07) is 0. The van der Waals surface area contributed by atoms with E-state index >= 15 is 0 Å². The molecule has 0 saturated carbocycles. The molecular formula is C14H32N2O3. The Morgan fingerprint density at radius 1 is 0.842 bits per heavy atom. The summed E-state index contributed by atoms with van der Waals surface area (Å²) in [5.41, 5.74) is 0. The van der Waals surface area contributed by atoms with E-state index in [0.717, 1.165) is 32.8 Å². The Labute approximate surface area is 118 Å². The van der Waals surface area contributed by atoms with Crippen molar-refractivity contribution >= 4 is 0 Å². The highest BCUT2D eigenvalue weighted by Gasteiger charge is 1.97. The van der Waals surface area contributed by atoms with Gasteiger partial charge in [0.1, 0.15) is 0 Å². The van der Waals surface area contributed by atoms with Gasteiger partial charge in [-0.3, -0.25) is 0 Å². The first-order chi connectivity index (χ1) is 9.35. The lowest BCUT2D eigenvalue weighted by molar-refractivity contribution is 0.0256. The lowest BCUT2D eigenvalue weighted by Gasteiger charge is -2.17. The SMILES string of the molecule is CCN(CC)CCCNCCOCCOCCOC. The number of hydrogen-bond acceptors (Lipinski definition) is 5. The minimum absolute atomic E-state index is 0.642. The van der Waals surface area contributed by atoms with E-state index in [1.165, 1.54) is 13.0 Å². The highest BCUT2D eigenvalue weighted by Crippen LogP contribution is 1.89. The number of methoxy groups -OCH3 is 1. The third kappa shape index (κ3) is 14.0. The summed E-state index contributed by atoms with van der Waals surface area (Å²) in [5, 5.41) is 3.39. The van der Waals surface area contributed by atoms with Crippen molar-refractivity contribution < 1.29 is 14.2 Å². The van der Waals surface area contributed by atoms with Gasteiger partial charge >= 0.3 is 0 Å². The average Bonchev–Trinajstić information content (AvgIpc) is 2.44. The maximum absolute atomic E-state index is 5.45. The standard InChI is InChI=1S/C14H32N2O3/c1-4-16(5-2)9-6-7-15-8-10-18-13-14-19-12-11-17-3/h15H,4-14H2,1-3H3. The van der Waals surface area contributed by atoms with Crippen LogP contribution in [-0.2, 0) is 14.2 Å². The Hall–Kier alpha value is -0.200. The zero-order valence-corrected chi connectivity index (χ0v) is 13.0. The Bertz CT molecular complexity index is 167. The third-order valence-corrected chi connectivity index (χ3v) is 2.95. The van der Waals surface area contributed by atoms with Gasteiger partial charge in [-0.2, -0.15) is 0 Å². The van der Waals surface area contributed by atoms with Gasteiger partial charge in [0.25, 0.3) is 0 Å². The predicted molar refractivity (Wildman–Crippen MR) is 78.8 cm³/mol. The van der Waals surface area contributed by atoms with Crippen LogP contribution >= 0.6 is 0 Å². The first kappa shape index (κ1) is 18.8. The largest absolute Gasteiger partial charge is 0.382 e. The molecule has 116 valence electrons. The van der Waals surface area contributed by atoms with Gasteiger partial charge in [0, 0.05) is 13.7 Å². The Morgan fingerprint density at radius 2 is 1.47 bits per heavy atom. The lowest BCUT2D eigenvalue weighted by Crippen LogP contribution is -2.28. The zero-order valence-electron chi connectivity index (χ0n) is 13.0. The molecule has 0 saturated heterocycles. The van der Waals surface area contributed by atoms with E-state index < -0.39 is 0 Å². The molecule has 0 amide bonds. The molecule has 0 heterocycles. The smallest absolute Gasteiger partial charge is 0.0701 e. The fourth-order valence-electron chi connectivity index (χ4n) is 1.70. The topological polar surface area (TPSA) is 43.0 Å². The summed E-state index contributed by atoms with van der Waals surface area (Å²) in [4.78, 5) is 2.44. The number of nitrogens with zero attached hydrogens (tertiary/aromatic N) is 1. The van der Waals surface area contributed by atoms with E-state index in [1.807, 2.05) is 0 Å². The summed E-state index contributed by atoms with van der Waals surface area (Å²) >= 11 is 0. The summed E-state index contributed by atoms with van der Waals surface area (Å²) in [5.74, 6) is 0. The number of rotatable bonds is 15. The second-order valence-electron chi connectivity index (χ2n) is 4.35. The van der Waals surface area contributed by atoms with Crippen LogP contribution in [0.2, 0.25) is 0 Å². The van der Waals surface area contributed by atoms with Gasteiger partial charge in [-0.05, 0) is 32.6 Å². The zero-order chi connectivity index (χ0) is 14.2. The van der Waals surface area contributed by atoms with Crippen LogP contribution in [0.1, 0.15) is 20.3 Å². The monoisotopic (exact) mass is 276 g/mol. The predicted octanol–water partition coefficient (Wildman–Crippen LogP) is 0.988. The summed E-state index contributed by atoms with van der Waals surface area (Å²) in [6.45, 7) is 13.2. The molecule has 0 aliphatic carbocycles. The van der Waals surface area contributed by atoms with Gasteiger partial charge in [-0.1, -0.05) is 13.8 Å². The molecule has 0 aliphatic rings. The molecule has 5 nitrogen and oxygen atoms in total. The van der Waals surface area contributed by atoms with Crippen molar-refractivity contribution in [2.24, 2.45) is 0 Å². The van der Waals surface area contributed by atoms with Crippen molar-refractivity contribution in [2.75, 3.05) is 72.9 Å². The molecule has 0 unspecified atom stereocenters. The fourth-order valence-corrected chi connectivity index (χ4v) is 1.70. The van der Waals surface area contributed by atoms with Crippen LogP contribution in [0.3, 0.4) is 0 Å². The molecule has 0 aromatic carbocycles. The van der Waals surface area contributed by atoms with Gasteiger partial charge in [-0.25, -0.2) is 0 Å². The Balaban J connectivity index is 3.02. The molecule has 0 aliphatic heterocycles. The molecule has 0 aromatic rings. The highest BCUT2D eigenvalue weighted by molar-refractivity contribution is 4.54. The molecule has 0 spiro atoms. The molecule has 0 rings (SSSR count). The normalized spacial score (nSPS) is 11.4. The summed E-state index contributed by atoms with van der Waals surface area (Å²) < 4.78 is 15.6. The molecule has 0 bridgehead atoms. The van der Waals surface area contributed by atoms with Crippen LogP contribution in [0, 0.1) is 0 Å². The molecule has 19 heavy (non-hydrogen) atoms. The maximum atomic E-state index is 5.45. The minimum Gasteiger partial charge on any atom is -0.382 e. The van der Waals surface area contributed by atoms with Crippen LogP contribution in [0.5, 0.6) is 0 Å². The van der Waals surface area contributed by atoms with Crippen molar-refractivity contribution in [3.05, 3.63) is 0 Å². The maximum Gasteiger partial charge on any atom is 0.0701 e. The van der Waals surface area contributed by atoms with E-state index in [1.54, 1.807) is 7.11 Å². The molecular weight excluding hydrogens is 244 g/mol. The third-order valence-electron chi connectivity index (χ3n) is 2.95. The van der Waals surface area contributed by atoms with Crippen LogP contribution in [0.4, 0.5) is 0 Å². The Morgan fingerprint density at radius 3 is 2.11 bits per heavy atom. The number of hydrogen-bond donors (Lipinski definition) is 1. The van der Waals surface area contributed by atoms with Crippen molar-refractivity contribution in [3.63, 3.8) is 0 Å². The number of ether oxygens (including phenoxy) is 3. The Kier molecular flexibility index (Phi) is 15.7. The van der Waals surface area contributed by atoms with Crippen molar-refractivity contribution in [1.29, 1.82) is 0 Å². The van der Waals surface area contributed by atoms with E-state index in [2.05, 4.69) is 24.1 Å². The summed E-state index contributed by atoms with van der Waals surface area (Å²) in [7, 11) is 1.67. The van der Waals surface area contributed by atoms with E-state index in [9.17, 15) is 0 Å². The second kappa shape index (κ2) is 15.9. The molecule has 0 aromatic heterocycles. The molecule has 1 N–H and O–H groups in total. The van der Waals surface area contributed by atoms with Gasteiger partial charge in [0.15, 0.2) is 0 Å². The van der Waals surface area contributed by atoms with Gasteiger partial charge in [0.05, 0.1) is 33.0 Å².